The van der Waals surface area contributed by atoms with Gasteiger partial charge >= 0.3 is 0 Å². The van der Waals surface area contributed by atoms with Gasteiger partial charge in [0.2, 0.25) is 10.0 Å². The van der Waals surface area contributed by atoms with Crippen LogP contribution in [0.2, 0.25) is 0 Å². The minimum Gasteiger partial charge on any atom is -0.297 e. The second-order valence-electron chi connectivity index (χ2n) is 6.45. The first kappa shape index (κ1) is 18.8. The van der Waals surface area contributed by atoms with Crippen LogP contribution in [-0.4, -0.2) is 50.3 Å². The summed E-state index contributed by atoms with van der Waals surface area (Å²) in [5.74, 6) is -0.691. The molecule has 26 heavy (non-hydrogen) atoms. The Morgan fingerprint density at radius 3 is 2.42 bits per heavy atom. The van der Waals surface area contributed by atoms with Crippen LogP contribution in [0.15, 0.2) is 59.5 Å². The van der Waals surface area contributed by atoms with Crippen molar-refractivity contribution in [3.63, 3.8) is 0 Å². The number of hydrogen-bond donors (Lipinski definition) is 0. The molecule has 0 amide bonds. The monoisotopic (exact) mass is 374 g/mol. The third-order valence-corrected chi connectivity index (χ3v) is 6.42. The van der Waals surface area contributed by atoms with E-state index in [1.807, 2.05) is 30.3 Å². The van der Waals surface area contributed by atoms with Gasteiger partial charge in [-0.2, -0.15) is 4.31 Å². The van der Waals surface area contributed by atoms with Crippen molar-refractivity contribution in [2.24, 2.45) is 0 Å². The Balaban J connectivity index is 1.59. The molecular formula is C20H23FN2O2S. The highest BCUT2D eigenvalue weighted by Crippen LogP contribution is 2.22. The highest BCUT2D eigenvalue weighted by Gasteiger charge is 2.30. The number of piperazine rings is 1. The van der Waals surface area contributed by atoms with Crippen LogP contribution in [0.25, 0.3) is 6.08 Å². The molecule has 0 bridgehead atoms. The Kier molecular flexibility index (Phi) is 5.86. The van der Waals surface area contributed by atoms with Gasteiger partial charge in [-0.05, 0) is 30.2 Å². The molecule has 6 heteroatoms. The Labute approximate surface area is 154 Å². The summed E-state index contributed by atoms with van der Waals surface area (Å²) in [6, 6.07) is 14.2. The maximum atomic E-state index is 14.0. The summed E-state index contributed by atoms with van der Waals surface area (Å²) in [7, 11) is -3.79. The van der Waals surface area contributed by atoms with Crippen LogP contribution in [0.5, 0.6) is 0 Å². The van der Waals surface area contributed by atoms with Crippen molar-refractivity contribution in [1.82, 2.24) is 9.21 Å². The maximum Gasteiger partial charge on any atom is 0.246 e. The lowest BCUT2D eigenvalue weighted by molar-refractivity contribution is 0.204. The number of halogens is 1. The molecule has 1 heterocycles. The molecule has 0 spiro atoms. The molecule has 138 valence electrons. The molecule has 1 saturated heterocycles. The molecule has 4 nitrogen and oxygen atoms in total. The second kappa shape index (κ2) is 8.12. The average Bonchev–Trinajstić information content (AvgIpc) is 2.65. The third kappa shape index (κ3) is 4.38. The van der Waals surface area contributed by atoms with Gasteiger partial charge in [-0.1, -0.05) is 48.6 Å². The number of nitrogens with zero attached hydrogens (tertiary/aromatic N) is 2. The van der Waals surface area contributed by atoms with Crippen molar-refractivity contribution >= 4 is 16.1 Å². The van der Waals surface area contributed by atoms with Gasteiger partial charge in [0.25, 0.3) is 0 Å². The number of hydrogen-bond acceptors (Lipinski definition) is 3. The summed E-state index contributed by atoms with van der Waals surface area (Å²) in [5, 5.41) is 0. The highest BCUT2D eigenvalue weighted by molar-refractivity contribution is 7.89. The Morgan fingerprint density at radius 1 is 1.04 bits per heavy atom. The molecule has 0 aromatic heterocycles. The van der Waals surface area contributed by atoms with E-state index in [2.05, 4.69) is 17.1 Å². The molecular weight excluding hydrogens is 351 g/mol. The van der Waals surface area contributed by atoms with Crippen LogP contribution in [0, 0.1) is 12.7 Å². The first-order valence-electron chi connectivity index (χ1n) is 8.67. The normalized spacial score (nSPS) is 17.0. The fraction of sp³-hybridized carbons (Fsp3) is 0.300. The van der Waals surface area contributed by atoms with Gasteiger partial charge in [0.15, 0.2) is 0 Å². The van der Waals surface area contributed by atoms with Gasteiger partial charge in [-0.15, -0.1) is 0 Å². The fourth-order valence-electron chi connectivity index (χ4n) is 3.00. The van der Waals surface area contributed by atoms with Crippen molar-refractivity contribution in [2.75, 3.05) is 32.7 Å². The van der Waals surface area contributed by atoms with Gasteiger partial charge in [-0.25, -0.2) is 12.8 Å². The minimum absolute atomic E-state index is 0.227. The lowest BCUT2D eigenvalue weighted by Gasteiger charge is -2.33. The molecule has 1 aliphatic heterocycles. The van der Waals surface area contributed by atoms with Gasteiger partial charge in [0.05, 0.1) is 0 Å². The largest absolute Gasteiger partial charge is 0.297 e. The molecule has 1 aliphatic rings. The molecule has 0 unspecified atom stereocenters. The molecule has 0 saturated carbocycles. The molecule has 2 aromatic carbocycles. The summed E-state index contributed by atoms with van der Waals surface area (Å²) in [6.45, 7) is 4.53. The molecule has 2 aromatic rings. The van der Waals surface area contributed by atoms with E-state index in [9.17, 15) is 12.8 Å². The van der Waals surface area contributed by atoms with E-state index in [0.29, 0.717) is 26.2 Å². The quantitative estimate of drug-likeness (QED) is 0.807. The van der Waals surface area contributed by atoms with Crippen LogP contribution in [0.4, 0.5) is 4.39 Å². The fourth-order valence-corrected chi connectivity index (χ4v) is 4.57. The van der Waals surface area contributed by atoms with E-state index in [4.69, 9.17) is 0 Å². The van der Waals surface area contributed by atoms with Crippen molar-refractivity contribution in [3.8, 4) is 0 Å². The third-order valence-electron chi connectivity index (χ3n) is 4.51. The standard InChI is InChI=1S/C20H23FN2O2S/c1-17-9-10-19(21)20(16-17)26(24,25)23-14-12-22(13-15-23)11-5-8-18-6-3-2-4-7-18/h2-10,16H,11-15H2,1H3/b8-5+. The second-order valence-corrected chi connectivity index (χ2v) is 8.36. The van der Waals surface area contributed by atoms with Crippen molar-refractivity contribution in [3.05, 3.63) is 71.6 Å². The minimum atomic E-state index is -3.79. The van der Waals surface area contributed by atoms with Gasteiger partial charge in [0, 0.05) is 32.7 Å². The lowest BCUT2D eigenvalue weighted by atomic mass is 10.2. The topological polar surface area (TPSA) is 40.6 Å². The zero-order chi connectivity index (χ0) is 18.6. The zero-order valence-corrected chi connectivity index (χ0v) is 15.6. The first-order chi connectivity index (χ1) is 12.5. The molecule has 1 fully saturated rings. The van der Waals surface area contributed by atoms with E-state index in [0.717, 1.165) is 17.7 Å². The number of sulfonamides is 1. The van der Waals surface area contributed by atoms with Crippen LogP contribution in [0.3, 0.4) is 0 Å². The van der Waals surface area contributed by atoms with Crippen LogP contribution < -0.4 is 0 Å². The first-order valence-corrected chi connectivity index (χ1v) is 10.1. The van der Waals surface area contributed by atoms with E-state index in [-0.39, 0.29) is 4.90 Å². The van der Waals surface area contributed by atoms with Crippen molar-refractivity contribution in [1.29, 1.82) is 0 Å². The molecule has 0 radical (unpaired) electrons. The van der Waals surface area contributed by atoms with Crippen LogP contribution >= 0.6 is 0 Å². The summed E-state index contributed by atoms with van der Waals surface area (Å²) < 4.78 is 40.8. The van der Waals surface area contributed by atoms with E-state index < -0.39 is 15.8 Å². The summed E-state index contributed by atoms with van der Waals surface area (Å²) in [6.07, 6.45) is 4.14. The van der Waals surface area contributed by atoms with Crippen molar-refractivity contribution in [2.45, 2.75) is 11.8 Å². The Morgan fingerprint density at radius 2 is 1.73 bits per heavy atom. The summed E-state index contributed by atoms with van der Waals surface area (Å²) in [5.41, 5.74) is 1.87. The molecule has 0 N–H and O–H groups in total. The van der Waals surface area contributed by atoms with E-state index in [1.165, 1.54) is 16.4 Å². The number of benzene rings is 2. The molecule has 0 atom stereocenters. The maximum absolute atomic E-state index is 14.0. The van der Waals surface area contributed by atoms with Crippen LogP contribution in [-0.2, 0) is 10.0 Å². The number of rotatable bonds is 5. The molecule has 0 aliphatic carbocycles. The summed E-state index contributed by atoms with van der Waals surface area (Å²) >= 11 is 0. The average molecular weight is 374 g/mol. The predicted octanol–water partition coefficient (Wildman–Crippen LogP) is 3.15. The van der Waals surface area contributed by atoms with Gasteiger partial charge in [-0.3, -0.25) is 4.90 Å². The summed E-state index contributed by atoms with van der Waals surface area (Å²) in [4.78, 5) is 1.97. The van der Waals surface area contributed by atoms with E-state index >= 15 is 0 Å². The van der Waals surface area contributed by atoms with Crippen LogP contribution in [0.1, 0.15) is 11.1 Å². The SMILES string of the molecule is Cc1ccc(F)c(S(=O)(=O)N2CCN(C/C=C/c3ccccc3)CC2)c1. The zero-order valence-electron chi connectivity index (χ0n) is 14.8. The van der Waals surface area contributed by atoms with Gasteiger partial charge < -0.3 is 0 Å². The number of aryl methyl sites for hydroxylation is 1. The lowest BCUT2D eigenvalue weighted by Crippen LogP contribution is -2.48. The smallest absolute Gasteiger partial charge is 0.246 e. The predicted molar refractivity (Wildman–Crippen MR) is 102 cm³/mol. The Bertz CT molecular complexity index is 874. The van der Waals surface area contributed by atoms with Gasteiger partial charge in [0.1, 0.15) is 10.7 Å². The Hall–Kier alpha value is -2.02. The van der Waals surface area contributed by atoms with E-state index in [1.54, 1.807) is 13.0 Å². The van der Waals surface area contributed by atoms with Crippen molar-refractivity contribution < 1.29 is 12.8 Å². The highest BCUT2D eigenvalue weighted by atomic mass is 32.2. The molecule has 3 rings (SSSR count).